The van der Waals surface area contributed by atoms with E-state index in [2.05, 4.69) is 34.1 Å². The minimum atomic E-state index is -3.87. The molecule has 2 fully saturated rings. The van der Waals surface area contributed by atoms with Gasteiger partial charge in [-0.15, -0.1) is 0 Å². The topological polar surface area (TPSA) is 87.0 Å². The second-order valence-corrected chi connectivity index (χ2v) is 12.5. The van der Waals surface area contributed by atoms with Crippen molar-refractivity contribution in [2.75, 3.05) is 20.1 Å². The van der Waals surface area contributed by atoms with E-state index in [1.54, 1.807) is 37.1 Å². The number of sulfonamides is 1. The molecule has 1 saturated heterocycles. The molecule has 38 heavy (non-hydrogen) atoms. The monoisotopic (exact) mass is 556 g/mol. The standard InChI is InChI=1S/C28H33ClN4O4S/c1-20-6-5-7-24(29)27(20)38(35,36)33(23-12-13-23)18-26-30-25(19-37-26)28(34)31(2)16-21-8-10-22(11-9-21)17-32-14-3-4-15-32/h5-11,19,23H,3-4,12-18H2,1-2H3. The average molecular weight is 557 g/mol. The Morgan fingerprint density at radius 2 is 1.76 bits per heavy atom. The number of likely N-dealkylation sites (tertiary alicyclic amines) is 1. The zero-order chi connectivity index (χ0) is 26.9. The van der Waals surface area contributed by atoms with Gasteiger partial charge in [0, 0.05) is 26.2 Å². The number of hydrogen-bond acceptors (Lipinski definition) is 6. The Labute approximate surface area is 229 Å². The second-order valence-electron chi connectivity index (χ2n) is 10.3. The number of oxazole rings is 1. The molecule has 3 aromatic rings. The van der Waals surface area contributed by atoms with E-state index in [0.29, 0.717) is 12.1 Å². The molecule has 1 aliphatic heterocycles. The lowest BCUT2D eigenvalue weighted by molar-refractivity contribution is 0.0779. The highest BCUT2D eigenvalue weighted by Gasteiger charge is 2.40. The quantitative estimate of drug-likeness (QED) is 0.354. The van der Waals surface area contributed by atoms with Crippen LogP contribution in [0.4, 0.5) is 0 Å². The van der Waals surface area contributed by atoms with Gasteiger partial charge in [-0.05, 0) is 68.5 Å². The number of hydrogen-bond donors (Lipinski definition) is 0. The Morgan fingerprint density at radius 1 is 1.08 bits per heavy atom. The van der Waals surface area contributed by atoms with Crippen LogP contribution in [0.3, 0.4) is 0 Å². The van der Waals surface area contributed by atoms with E-state index < -0.39 is 10.0 Å². The molecule has 1 aliphatic carbocycles. The molecule has 1 aromatic heterocycles. The molecule has 0 unspecified atom stereocenters. The van der Waals surface area contributed by atoms with Gasteiger partial charge in [-0.2, -0.15) is 4.31 Å². The summed E-state index contributed by atoms with van der Waals surface area (Å²) >= 11 is 6.28. The molecule has 1 amide bonds. The fourth-order valence-electron chi connectivity index (χ4n) is 4.94. The predicted octanol–water partition coefficient (Wildman–Crippen LogP) is 4.86. The molecule has 1 saturated carbocycles. The summed E-state index contributed by atoms with van der Waals surface area (Å²) < 4.78 is 34.0. The van der Waals surface area contributed by atoms with Crippen LogP contribution in [0, 0.1) is 6.92 Å². The Bertz CT molecular complexity index is 1380. The maximum atomic E-state index is 13.5. The van der Waals surface area contributed by atoms with E-state index in [4.69, 9.17) is 16.0 Å². The van der Waals surface area contributed by atoms with E-state index in [-0.39, 0.29) is 40.0 Å². The number of carbonyl (C=O) groups is 1. The summed E-state index contributed by atoms with van der Waals surface area (Å²) in [6, 6.07) is 13.2. The highest BCUT2D eigenvalue weighted by Crippen LogP contribution is 2.36. The summed E-state index contributed by atoms with van der Waals surface area (Å²) in [6.07, 6.45) is 5.35. The lowest BCUT2D eigenvalue weighted by Crippen LogP contribution is -2.33. The lowest BCUT2D eigenvalue weighted by Gasteiger charge is -2.22. The molecular weight excluding hydrogens is 524 g/mol. The van der Waals surface area contributed by atoms with E-state index in [9.17, 15) is 13.2 Å². The lowest BCUT2D eigenvalue weighted by atomic mass is 10.1. The molecule has 2 aromatic carbocycles. The van der Waals surface area contributed by atoms with Crippen LogP contribution in [-0.4, -0.2) is 59.6 Å². The molecule has 2 aliphatic rings. The fraction of sp³-hybridized carbons (Fsp3) is 0.429. The summed E-state index contributed by atoms with van der Waals surface area (Å²) in [5.74, 6) is -0.114. The van der Waals surface area contributed by atoms with Crippen molar-refractivity contribution in [2.45, 2.75) is 63.2 Å². The highest BCUT2D eigenvalue weighted by atomic mass is 35.5. The Kier molecular flexibility index (Phi) is 7.90. The molecule has 0 radical (unpaired) electrons. The van der Waals surface area contributed by atoms with Gasteiger partial charge in [0.15, 0.2) is 5.69 Å². The van der Waals surface area contributed by atoms with Crippen molar-refractivity contribution in [3.8, 4) is 0 Å². The third kappa shape index (κ3) is 5.96. The summed E-state index contributed by atoms with van der Waals surface area (Å²) in [5, 5.41) is 0.185. The van der Waals surface area contributed by atoms with Crippen LogP contribution in [0.2, 0.25) is 5.02 Å². The zero-order valence-corrected chi connectivity index (χ0v) is 23.3. The predicted molar refractivity (Wildman–Crippen MR) is 145 cm³/mol. The maximum absolute atomic E-state index is 13.5. The van der Waals surface area contributed by atoms with Crippen LogP contribution in [0.25, 0.3) is 0 Å². The number of rotatable bonds is 10. The molecule has 10 heteroatoms. The molecule has 5 rings (SSSR count). The number of benzene rings is 2. The van der Waals surface area contributed by atoms with E-state index in [1.807, 2.05) is 0 Å². The first-order valence-electron chi connectivity index (χ1n) is 13.0. The van der Waals surface area contributed by atoms with Gasteiger partial charge < -0.3 is 9.32 Å². The Balaban J connectivity index is 1.24. The van der Waals surface area contributed by atoms with Crippen molar-refractivity contribution < 1.29 is 17.6 Å². The van der Waals surface area contributed by atoms with Crippen molar-refractivity contribution in [3.63, 3.8) is 0 Å². The minimum absolute atomic E-state index is 0.0624. The largest absolute Gasteiger partial charge is 0.447 e. The number of halogens is 1. The van der Waals surface area contributed by atoms with Crippen LogP contribution in [0.5, 0.6) is 0 Å². The Morgan fingerprint density at radius 3 is 2.42 bits per heavy atom. The summed E-state index contributed by atoms with van der Waals surface area (Å²) in [4.78, 5) is 21.5. The van der Waals surface area contributed by atoms with Crippen LogP contribution < -0.4 is 0 Å². The third-order valence-corrected chi connectivity index (χ3v) is 9.67. The van der Waals surface area contributed by atoms with Crippen molar-refractivity contribution in [1.29, 1.82) is 0 Å². The van der Waals surface area contributed by atoms with Gasteiger partial charge in [-0.1, -0.05) is 48.0 Å². The number of aromatic nitrogens is 1. The normalized spacial score (nSPS) is 16.3. The van der Waals surface area contributed by atoms with Gasteiger partial charge in [0.05, 0.1) is 11.6 Å². The van der Waals surface area contributed by atoms with Crippen molar-refractivity contribution >= 4 is 27.5 Å². The number of aryl methyl sites for hydroxylation is 1. The zero-order valence-electron chi connectivity index (χ0n) is 21.8. The van der Waals surface area contributed by atoms with E-state index >= 15 is 0 Å². The third-order valence-electron chi connectivity index (χ3n) is 7.14. The first-order valence-corrected chi connectivity index (χ1v) is 14.8. The first-order chi connectivity index (χ1) is 18.2. The van der Waals surface area contributed by atoms with Crippen molar-refractivity contribution in [2.24, 2.45) is 0 Å². The second kappa shape index (κ2) is 11.2. The molecule has 0 N–H and O–H groups in total. The fourth-order valence-corrected chi connectivity index (χ4v) is 7.36. The molecule has 8 nitrogen and oxygen atoms in total. The molecule has 2 heterocycles. The van der Waals surface area contributed by atoms with Gasteiger partial charge >= 0.3 is 0 Å². The van der Waals surface area contributed by atoms with Gasteiger partial charge in [-0.25, -0.2) is 13.4 Å². The van der Waals surface area contributed by atoms with E-state index in [0.717, 1.165) is 38.0 Å². The molecule has 0 spiro atoms. The van der Waals surface area contributed by atoms with Gasteiger partial charge in [-0.3, -0.25) is 9.69 Å². The number of nitrogens with zero attached hydrogens (tertiary/aromatic N) is 4. The van der Waals surface area contributed by atoms with Crippen LogP contribution >= 0.6 is 11.6 Å². The SMILES string of the molecule is Cc1cccc(Cl)c1S(=O)(=O)N(Cc1nc(C(=O)N(C)Cc2ccc(CN3CCCC3)cc2)co1)C1CC1. The number of amides is 1. The highest BCUT2D eigenvalue weighted by molar-refractivity contribution is 7.89. The summed E-state index contributed by atoms with van der Waals surface area (Å²) in [7, 11) is -2.16. The summed E-state index contributed by atoms with van der Waals surface area (Å²) in [5.41, 5.74) is 3.02. The molecule has 202 valence electrons. The Hall–Kier alpha value is -2.72. The smallest absolute Gasteiger partial charge is 0.275 e. The molecule has 0 bridgehead atoms. The van der Waals surface area contributed by atoms with E-state index in [1.165, 1.54) is 29.0 Å². The van der Waals surface area contributed by atoms with Gasteiger partial charge in [0.1, 0.15) is 11.2 Å². The van der Waals surface area contributed by atoms with Gasteiger partial charge in [0.25, 0.3) is 5.91 Å². The van der Waals surface area contributed by atoms with Crippen molar-refractivity contribution in [3.05, 3.63) is 82.0 Å². The molecular formula is C28H33ClN4O4S. The molecule has 0 atom stereocenters. The minimum Gasteiger partial charge on any atom is -0.447 e. The van der Waals surface area contributed by atoms with Crippen LogP contribution in [0.1, 0.15) is 58.8 Å². The van der Waals surface area contributed by atoms with Crippen LogP contribution in [-0.2, 0) is 29.7 Å². The maximum Gasteiger partial charge on any atom is 0.275 e. The summed E-state index contributed by atoms with van der Waals surface area (Å²) in [6.45, 7) is 5.36. The van der Waals surface area contributed by atoms with Crippen molar-refractivity contribution in [1.82, 2.24) is 19.1 Å². The average Bonchev–Trinajstić information content (AvgIpc) is 3.38. The van der Waals surface area contributed by atoms with Gasteiger partial charge in [0.2, 0.25) is 15.9 Å². The first kappa shape index (κ1) is 26.9. The number of carbonyl (C=O) groups excluding carboxylic acids is 1. The van der Waals surface area contributed by atoms with Crippen LogP contribution in [0.15, 0.2) is 58.0 Å².